The Morgan fingerprint density at radius 2 is 2.26 bits per heavy atom. The molecule has 1 aliphatic heterocycles. The molecule has 2 atom stereocenters. The van der Waals surface area contributed by atoms with Gasteiger partial charge in [-0.2, -0.15) is 5.10 Å². The molecule has 7 heteroatoms. The lowest BCUT2D eigenvalue weighted by Gasteiger charge is -2.38. The van der Waals surface area contributed by atoms with Crippen molar-refractivity contribution in [2.75, 3.05) is 7.05 Å². The fourth-order valence-electron chi connectivity index (χ4n) is 3.11. The predicted molar refractivity (Wildman–Crippen MR) is 82.0 cm³/mol. The third kappa shape index (κ3) is 2.99. The third-order valence-corrected chi connectivity index (χ3v) is 4.41. The first-order chi connectivity index (χ1) is 11.1. The highest BCUT2D eigenvalue weighted by Crippen LogP contribution is 2.35. The topological polar surface area (TPSA) is 80.4 Å². The van der Waals surface area contributed by atoms with Gasteiger partial charge in [-0.25, -0.2) is 0 Å². The molecule has 122 valence electrons. The lowest BCUT2D eigenvalue weighted by molar-refractivity contribution is -0.142. The van der Waals surface area contributed by atoms with E-state index >= 15 is 0 Å². The van der Waals surface area contributed by atoms with E-state index in [9.17, 15) is 9.59 Å². The first kappa shape index (κ1) is 15.3. The number of aryl methyl sites for hydroxylation is 1. The summed E-state index contributed by atoms with van der Waals surface area (Å²) in [5.74, 6) is -0.299. The van der Waals surface area contributed by atoms with E-state index in [0.29, 0.717) is 19.4 Å². The Hall–Kier alpha value is -2.57. The molecule has 2 aromatic rings. The van der Waals surface area contributed by atoms with E-state index in [1.54, 1.807) is 35.4 Å². The average Bonchev–Trinajstić information content (AvgIpc) is 3.19. The largest absolute Gasteiger partial charge is 0.472 e. The molecule has 1 saturated heterocycles. The maximum absolute atomic E-state index is 12.7. The molecule has 3 rings (SSSR count). The highest BCUT2D eigenvalue weighted by molar-refractivity contribution is 5.84. The van der Waals surface area contributed by atoms with Crippen LogP contribution in [-0.2, 0) is 23.2 Å². The SMILES string of the molecule is CN1C(=O)CC[C@@H](C(=O)NCc2ccoc2)[C@@H]1c1ccnn1C. The first-order valence-electron chi connectivity index (χ1n) is 7.60. The molecule has 1 aliphatic rings. The second kappa shape index (κ2) is 6.28. The minimum atomic E-state index is -0.298. The van der Waals surface area contributed by atoms with Crippen LogP contribution >= 0.6 is 0 Å². The molecule has 1 N–H and O–H groups in total. The van der Waals surface area contributed by atoms with E-state index < -0.39 is 0 Å². The molecule has 2 aromatic heterocycles. The Morgan fingerprint density at radius 1 is 1.43 bits per heavy atom. The number of carbonyl (C=O) groups excluding carboxylic acids is 2. The quantitative estimate of drug-likeness (QED) is 0.920. The molecular weight excluding hydrogens is 296 g/mol. The fourth-order valence-corrected chi connectivity index (χ4v) is 3.11. The van der Waals surface area contributed by atoms with Crippen LogP contribution in [0, 0.1) is 5.92 Å². The van der Waals surface area contributed by atoms with Gasteiger partial charge in [0, 0.05) is 38.8 Å². The fraction of sp³-hybridized carbons (Fsp3) is 0.438. The van der Waals surface area contributed by atoms with Crippen LogP contribution in [0.15, 0.2) is 35.3 Å². The molecule has 0 bridgehead atoms. The standard InChI is InChI=1S/C16H20N4O3/c1-19-14(21)4-3-12(15(19)13-5-7-18-20(13)2)16(22)17-9-11-6-8-23-10-11/h5-8,10,12,15H,3-4,9H2,1-2H3,(H,17,22)/t12-,15-/m1/s1. The smallest absolute Gasteiger partial charge is 0.225 e. The Morgan fingerprint density at radius 3 is 2.91 bits per heavy atom. The van der Waals surface area contributed by atoms with Crippen molar-refractivity contribution in [1.29, 1.82) is 0 Å². The summed E-state index contributed by atoms with van der Waals surface area (Å²) in [5.41, 5.74) is 1.78. The zero-order valence-electron chi connectivity index (χ0n) is 13.2. The van der Waals surface area contributed by atoms with Crippen molar-refractivity contribution < 1.29 is 14.0 Å². The van der Waals surface area contributed by atoms with Crippen molar-refractivity contribution in [2.24, 2.45) is 13.0 Å². The van der Waals surface area contributed by atoms with Crippen molar-refractivity contribution >= 4 is 11.8 Å². The van der Waals surface area contributed by atoms with Crippen LogP contribution in [0.25, 0.3) is 0 Å². The van der Waals surface area contributed by atoms with Crippen LogP contribution in [0.2, 0.25) is 0 Å². The van der Waals surface area contributed by atoms with Gasteiger partial charge in [0.05, 0.1) is 30.2 Å². The van der Waals surface area contributed by atoms with Gasteiger partial charge in [-0.3, -0.25) is 14.3 Å². The number of nitrogens with one attached hydrogen (secondary N) is 1. The summed E-state index contributed by atoms with van der Waals surface area (Å²) in [6.45, 7) is 0.418. The maximum atomic E-state index is 12.7. The molecule has 0 spiro atoms. The van der Waals surface area contributed by atoms with Crippen molar-refractivity contribution in [2.45, 2.75) is 25.4 Å². The second-order valence-electron chi connectivity index (χ2n) is 5.82. The zero-order valence-corrected chi connectivity index (χ0v) is 13.2. The van der Waals surface area contributed by atoms with Crippen molar-refractivity contribution in [3.05, 3.63) is 42.1 Å². The van der Waals surface area contributed by atoms with Crippen LogP contribution in [0.4, 0.5) is 0 Å². The molecule has 2 amide bonds. The Bertz CT molecular complexity index is 692. The van der Waals surface area contributed by atoms with Crippen LogP contribution < -0.4 is 5.32 Å². The van der Waals surface area contributed by atoms with E-state index in [1.807, 2.05) is 19.2 Å². The van der Waals surface area contributed by atoms with Crippen LogP contribution in [0.3, 0.4) is 0 Å². The molecule has 0 aromatic carbocycles. The number of hydrogen-bond donors (Lipinski definition) is 1. The van der Waals surface area contributed by atoms with Gasteiger partial charge in [-0.1, -0.05) is 0 Å². The first-order valence-corrected chi connectivity index (χ1v) is 7.60. The van der Waals surface area contributed by atoms with Gasteiger partial charge in [-0.05, 0) is 18.6 Å². The van der Waals surface area contributed by atoms with Gasteiger partial charge in [-0.15, -0.1) is 0 Å². The van der Waals surface area contributed by atoms with Crippen molar-refractivity contribution in [3.63, 3.8) is 0 Å². The molecule has 0 unspecified atom stereocenters. The lowest BCUT2D eigenvalue weighted by Crippen LogP contribution is -2.46. The van der Waals surface area contributed by atoms with Gasteiger partial charge in [0.15, 0.2) is 0 Å². The summed E-state index contributed by atoms with van der Waals surface area (Å²) < 4.78 is 6.72. The van der Waals surface area contributed by atoms with E-state index in [1.165, 1.54) is 0 Å². The van der Waals surface area contributed by atoms with Gasteiger partial charge >= 0.3 is 0 Å². The summed E-state index contributed by atoms with van der Waals surface area (Å²) >= 11 is 0. The Balaban J connectivity index is 1.79. The van der Waals surface area contributed by atoms with Crippen LogP contribution in [-0.4, -0.2) is 33.5 Å². The maximum Gasteiger partial charge on any atom is 0.225 e. The monoisotopic (exact) mass is 316 g/mol. The van der Waals surface area contributed by atoms with Gasteiger partial charge in [0.1, 0.15) is 0 Å². The number of likely N-dealkylation sites (tertiary alicyclic amines) is 1. The highest BCUT2D eigenvalue weighted by Gasteiger charge is 2.40. The summed E-state index contributed by atoms with van der Waals surface area (Å²) in [7, 11) is 3.57. The van der Waals surface area contributed by atoms with Crippen molar-refractivity contribution in [3.8, 4) is 0 Å². The van der Waals surface area contributed by atoms with E-state index in [2.05, 4.69) is 10.4 Å². The van der Waals surface area contributed by atoms with E-state index in [4.69, 9.17) is 4.42 Å². The summed E-state index contributed by atoms with van der Waals surface area (Å²) in [6, 6.07) is 3.37. The number of carbonyl (C=O) groups is 2. The Kier molecular flexibility index (Phi) is 4.18. The van der Waals surface area contributed by atoms with Gasteiger partial charge in [0.25, 0.3) is 0 Å². The highest BCUT2D eigenvalue weighted by atomic mass is 16.3. The molecule has 3 heterocycles. The predicted octanol–water partition coefficient (Wildman–Crippen LogP) is 1.24. The number of nitrogens with zero attached hydrogens (tertiary/aromatic N) is 3. The molecule has 0 saturated carbocycles. The normalized spacial score (nSPS) is 21.5. The summed E-state index contributed by atoms with van der Waals surface area (Å²) in [6.07, 6.45) is 5.79. The third-order valence-electron chi connectivity index (χ3n) is 4.41. The molecule has 1 fully saturated rings. The number of furan rings is 1. The molecular formula is C16H20N4O3. The molecule has 7 nitrogen and oxygen atoms in total. The number of amides is 2. The van der Waals surface area contributed by atoms with Crippen LogP contribution in [0.5, 0.6) is 0 Å². The van der Waals surface area contributed by atoms with E-state index in [0.717, 1.165) is 11.3 Å². The lowest BCUT2D eigenvalue weighted by atomic mass is 9.86. The number of aromatic nitrogens is 2. The minimum Gasteiger partial charge on any atom is -0.472 e. The zero-order chi connectivity index (χ0) is 16.4. The molecule has 23 heavy (non-hydrogen) atoms. The summed E-state index contributed by atoms with van der Waals surface area (Å²) in [5, 5.41) is 7.10. The number of hydrogen-bond acceptors (Lipinski definition) is 4. The average molecular weight is 316 g/mol. The van der Waals surface area contributed by atoms with Crippen molar-refractivity contribution in [1.82, 2.24) is 20.0 Å². The van der Waals surface area contributed by atoms with Crippen LogP contribution in [0.1, 0.15) is 30.1 Å². The van der Waals surface area contributed by atoms with Gasteiger partial charge in [0.2, 0.25) is 11.8 Å². The number of piperidine rings is 1. The molecule has 0 aliphatic carbocycles. The minimum absolute atomic E-state index is 0.0510. The molecule has 0 radical (unpaired) electrons. The summed E-state index contributed by atoms with van der Waals surface area (Å²) in [4.78, 5) is 26.4. The van der Waals surface area contributed by atoms with Gasteiger partial charge < -0.3 is 14.6 Å². The van der Waals surface area contributed by atoms with E-state index in [-0.39, 0.29) is 23.8 Å². The second-order valence-corrected chi connectivity index (χ2v) is 5.82. The number of rotatable bonds is 4. The Labute approximate surface area is 134 Å².